The SMILES string of the molecule is C=C([SiH2]C(OC)OC)C(F)(F)C(F)(F)C(F)(F)C(F)(F)C(F)(F)C(F)(F)F. The molecule has 27 heavy (non-hydrogen) atoms. The Bertz CT molecular complexity index is 539. The number of alkyl halides is 13. The lowest BCUT2D eigenvalue weighted by Crippen LogP contribution is -2.70. The van der Waals surface area contributed by atoms with Crippen molar-refractivity contribution >= 4 is 9.52 Å². The number of halogens is 13. The van der Waals surface area contributed by atoms with E-state index in [1.807, 2.05) is 0 Å². The average molecular weight is 450 g/mol. The van der Waals surface area contributed by atoms with E-state index >= 15 is 0 Å². The summed E-state index contributed by atoms with van der Waals surface area (Å²) in [6.07, 6.45) is -7.44. The molecule has 0 fully saturated rings. The first-order chi connectivity index (χ1) is 11.7. The van der Waals surface area contributed by atoms with Crippen molar-refractivity contribution in [1.82, 2.24) is 0 Å². The van der Waals surface area contributed by atoms with Gasteiger partial charge in [-0.3, -0.25) is 0 Å². The summed E-state index contributed by atoms with van der Waals surface area (Å²) in [6, 6.07) is 0. The predicted octanol–water partition coefficient (Wildman–Crippen LogP) is 3.98. The molecule has 0 aromatic rings. The molecule has 0 aliphatic heterocycles. The molecule has 0 N–H and O–H groups in total. The Hall–Kier alpha value is -1.03. The second kappa shape index (κ2) is 7.42. The number of ether oxygens (including phenoxy) is 2. The lowest BCUT2D eigenvalue weighted by molar-refractivity contribution is -0.436. The Morgan fingerprint density at radius 1 is 0.667 bits per heavy atom. The van der Waals surface area contributed by atoms with Crippen LogP contribution in [0.2, 0.25) is 0 Å². The van der Waals surface area contributed by atoms with Crippen LogP contribution in [0.1, 0.15) is 0 Å². The molecule has 0 saturated carbocycles. The average Bonchev–Trinajstić information content (AvgIpc) is 2.50. The first-order valence-electron chi connectivity index (χ1n) is 6.36. The molecular formula is C11H11F13O2Si. The third kappa shape index (κ3) is 3.92. The third-order valence-electron chi connectivity index (χ3n) is 3.32. The number of rotatable bonds is 9. The maximum absolute atomic E-state index is 13.7. The summed E-state index contributed by atoms with van der Waals surface area (Å²) in [5.41, 5.74) is 0. The molecule has 0 amide bonds. The van der Waals surface area contributed by atoms with Crippen molar-refractivity contribution in [3.63, 3.8) is 0 Å². The standard InChI is InChI=1S/C11H11F13O2Si/c1-4(27-5(25-2)26-3)6(12,13)7(14,15)8(16,17)9(18,19)10(20,21)11(22,23)24/h5H,1,27H2,2-3H3. The van der Waals surface area contributed by atoms with Crippen LogP contribution in [-0.2, 0) is 9.47 Å². The van der Waals surface area contributed by atoms with E-state index < -0.39 is 56.4 Å². The van der Waals surface area contributed by atoms with Crippen molar-refractivity contribution in [2.24, 2.45) is 0 Å². The molecular weight excluding hydrogens is 439 g/mol. The minimum atomic E-state index is -7.92. The van der Waals surface area contributed by atoms with Crippen LogP contribution in [0.5, 0.6) is 0 Å². The fraction of sp³-hybridized carbons (Fsp3) is 0.818. The highest BCUT2D eigenvalue weighted by Crippen LogP contribution is 2.61. The van der Waals surface area contributed by atoms with Gasteiger partial charge in [0, 0.05) is 14.2 Å². The predicted molar refractivity (Wildman–Crippen MR) is 66.3 cm³/mol. The first kappa shape index (κ1) is 26.0. The van der Waals surface area contributed by atoms with E-state index in [2.05, 4.69) is 16.1 Å². The zero-order valence-corrected chi connectivity index (χ0v) is 14.6. The van der Waals surface area contributed by atoms with E-state index in [0.717, 1.165) is 14.2 Å². The van der Waals surface area contributed by atoms with Gasteiger partial charge < -0.3 is 9.47 Å². The highest BCUT2D eigenvalue weighted by molar-refractivity contribution is 6.46. The molecule has 0 heterocycles. The highest BCUT2D eigenvalue weighted by atomic mass is 28.2. The van der Waals surface area contributed by atoms with Gasteiger partial charge in [-0.05, 0) is 5.20 Å². The van der Waals surface area contributed by atoms with Crippen LogP contribution >= 0.6 is 0 Å². The largest absolute Gasteiger partial charge is 0.460 e. The minimum Gasteiger partial charge on any atom is -0.360 e. The highest BCUT2D eigenvalue weighted by Gasteiger charge is 2.90. The minimum absolute atomic E-state index is 0.803. The molecule has 0 unspecified atom stereocenters. The van der Waals surface area contributed by atoms with E-state index in [9.17, 15) is 57.1 Å². The van der Waals surface area contributed by atoms with Gasteiger partial charge in [-0.25, -0.2) is 0 Å². The van der Waals surface area contributed by atoms with Crippen LogP contribution < -0.4 is 0 Å². The normalized spacial score (nSPS) is 15.9. The fourth-order valence-corrected chi connectivity index (χ4v) is 2.80. The van der Waals surface area contributed by atoms with Crippen LogP contribution in [0.25, 0.3) is 0 Å². The molecule has 0 radical (unpaired) electrons. The summed E-state index contributed by atoms with van der Waals surface area (Å²) in [4.78, 5) is 0. The molecule has 0 bridgehead atoms. The van der Waals surface area contributed by atoms with E-state index in [4.69, 9.17) is 0 Å². The Balaban J connectivity index is 6.19. The monoisotopic (exact) mass is 450 g/mol. The van der Waals surface area contributed by atoms with E-state index in [0.29, 0.717) is 0 Å². The van der Waals surface area contributed by atoms with Gasteiger partial charge in [0.2, 0.25) is 0 Å². The molecule has 0 aromatic heterocycles. The molecule has 0 atom stereocenters. The van der Waals surface area contributed by atoms with Gasteiger partial charge in [-0.2, -0.15) is 57.1 Å². The van der Waals surface area contributed by atoms with Gasteiger partial charge in [0.1, 0.15) is 15.4 Å². The molecule has 162 valence electrons. The van der Waals surface area contributed by atoms with Gasteiger partial charge in [0.25, 0.3) is 0 Å². The second-order valence-corrected chi connectivity index (χ2v) is 7.01. The van der Waals surface area contributed by atoms with E-state index in [-0.39, 0.29) is 0 Å². The molecule has 0 aromatic carbocycles. The number of hydrogen-bond donors (Lipinski definition) is 0. The van der Waals surface area contributed by atoms with Crippen LogP contribution in [0.4, 0.5) is 57.1 Å². The summed E-state index contributed by atoms with van der Waals surface area (Å²) >= 11 is 0. The van der Waals surface area contributed by atoms with Gasteiger partial charge in [0.05, 0.1) is 0 Å². The van der Waals surface area contributed by atoms with Crippen LogP contribution in [0, 0.1) is 0 Å². The Morgan fingerprint density at radius 2 is 1.00 bits per heavy atom. The molecule has 0 spiro atoms. The summed E-state index contributed by atoms with van der Waals surface area (Å²) < 4.78 is 177. The number of methoxy groups -OCH3 is 2. The van der Waals surface area contributed by atoms with Crippen molar-refractivity contribution < 1.29 is 66.5 Å². The zero-order valence-electron chi connectivity index (χ0n) is 13.2. The Kier molecular flexibility index (Phi) is 7.13. The summed E-state index contributed by atoms with van der Waals surface area (Å²) in [7, 11) is -1.35. The van der Waals surface area contributed by atoms with Gasteiger partial charge in [-0.15, -0.1) is 0 Å². The van der Waals surface area contributed by atoms with Crippen LogP contribution in [0.15, 0.2) is 11.8 Å². The molecule has 16 heteroatoms. The topological polar surface area (TPSA) is 18.5 Å². The molecule has 2 nitrogen and oxygen atoms in total. The summed E-state index contributed by atoms with van der Waals surface area (Å²) in [5.74, 6) is -38.8. The second-order valence-electron chi connectivity index (χ2n) is 5.08. The van der Waals surface area contributed by atoms with Crippen molar-refractivity contribution in [3.05, 3.63) is 11.8 Å². The number of allylic oxidation sites excluding steroid dienone is 1. The smallest absolute Gasteiger partial charge is 0.360 e. The number of hydrogen-bond acceptors (Lipinski definition) is 2. The van der Waals surface area contributed by atoms with E-state index in [1.165, 1.54) is 0 Å². The molecule has 0 rings (SSSR count). The zero-order chi connectivity index (χ0) is 22.3. The first-order valence-corrected chi connectivity index (χ1v) is 7.88. The Morgan fingerprint density at radius 3 is 1.30 bits per heavy atom. The lowest BCUT2D eigenvalue weighted by atomic mass is 9.94. The summed E-state index contributed by atoms with van der Waals surface area (Å²) in [5, 5.41) is -2.10. The van der Waals surface area contributed by atoms with Crippen molar-refractivity contribution in [2.45, 2.75) is 41.7 Å². The van der Waals surface area contributed by atoms with Crippen molar-refractivity contribution in [3.8, 4) is 0 Å². The van der Waals surface area contributed by atoms with Crippen molar-refractivity contribution in [1.29, 1.82) is 0 Å². The molecule has 0 aliphatic rings. The summed E-state index contributed by atoms with van der Waals surface area (Å²) in [6.45, 7) is 2.32. The quantitative estimate of drug-likeness (QED) is 0.301. The fourth-order valence-electron chi connectivity index (χ4n) is 1.58. The van der Waals surface area contributed by atoms with Crippen LogP contribution in [0.3, 0.4) is 0 Å². The Labute approximate surface area is 145 Å². The van der Waals surface area contributed by atoms with Gasteiger partial charge >= 0.3 is 35.8 Å². The van der Waals surface area contributed by atoms with E-state index in [1.54, 1.807) is 0 Å². The maximum atomic E-state index is 13.7. The van der Waals surface area contributed by atoms with Gasteiger partial charge in [-0.1, -0.05) is 6.58 Å². The van der Waals surface area contributed by atoms with Gasteiger partial charge in [0.15, 0.2) is 0 Å². The van der Waals surface area contributed by atoms with Crippen molar-refractivity contribution in [2.75, 3.05) is 14.2 Å². The third-order valence-corrected chi connectivity index (χ3v) is 5.25. The van der Waals surface area contributed by atoms with Crippen LogP contribution in [-0.4, -0.2) is 65.4 Å². The lowest BCUT2D eigenvalue weighted by Gasteiger charge is -2.40. The molecule has 0 saturated heterocycles. The molecule has 0 aliphatic carbocycles. The maximum Gasteiger partial charge on any atom is 0.460 e.